The molecule has 1 aromatic heterocycles. The molecule has 2 unspecified atom stereocenters. The molecule has 4 nitrogen and oxygen atoms in total. The summed E-state index contributed by atoms with van der Waals surface area (Å²) in [6.45, 7) is 0. The van der Waals surface area contributed by atoms with Gasteiger partial charge in [0.1, 0.15) is 12.0 Å². The van der Waals surface area contributed by atoms with Gasteiger partial charge in [0.2, 0.25) is 0 Å². The number of hydrogen-bond acceptors (Lipinski definition) is 4. The highest BCUT2D eigenvalue weighted by atomic mass is 16.3. The lowest BCUT2D eigenvalue weighted by atomic mass is 9.94. The molecule has 0 bridgehead atoms. The van der Waals surface area contributed by atoms with Crippen LogP contribution in [0.3, 0.4) is 0 Å². The van der Waals surface area contributed by atoms with Crippen LogP contribution in [-0.2, 0) is 0 Å². The van der Waals surface area contributed by atoms with Crippen molar-refractivity contribution >= 4 is 5.69 Å². The average molecular weight is 292 g/mol. The van der Waals surface area contributed by atoms with Gasteiger partial charge in [0.05, 0.1) is 18.3 Å². The molecular weight excluding hydrogens is 276 g/mol. The van der Waals surface area contributed by atoms with Gasteiger partial charge in [0.15, 0.2) is 0 Å². The Morgan fingerprint density at radius 1 is 1.27 bits per heavy atom. The predicted octanol–water partition coefficient (Wildman–Crippen LogP) is 3.70. The van der Waals surface area contributed by atoms with Crippen LogP contribution in [0.5, 0.6) is 0 Å². The Bertz CT molecular complexity index is 721. The van der Waals surface area contributed by atoms with Crippen LogP contribution in [0.4, 0.5) is 5.69 Å². The number of aliphatic hydroxyl groups excluding tert-OH is 1. The van der Waals surface area contributed by atoms with Gasteiger partial charge in [-0.1, -0.05) is 18.2 Å². The maximum Gasteiger partial charge on any atom is 0.147 e. The largest absolute Gasteiger partial charge is 0.464 e. The van der Waals surface area contributed by atoms with Gasteiger partial charge in [0, 0.05) is 11.3 Å². The lowest BCUT2D eigenvalue weighted by Crippen LogP contribution is -2.23. The zero-order chi connectivity index (χ0) is 15.4. The highest BCUT2D eigenvalue weighted by Crippen LogP contribution is 2.24. The van der Waals surface area contributed by atoms with Gasteiger partial charge in [0.25, 0.3) is 0 Å². The van der Waals surface area contributed by atoms with E-state index in [0.717, 1.165) is 22.6 Å². The van der Waals surface area contributed by atoms with Crippen LogP contribution in [0, 0.1) is 17.2 Å². The SMILES string of the molecule is N#CC1C=CC=C(C(O)Nc2ccc(-c3ccco3)cc2)C1. The minimum absolute atomic E-state index is 0.169. The number of nitrogens with zero attached hydrogens (tertiary/aromatic N) is 1. The first-order chi connectivity index (χ1) is 10.8. The van der Waals surface area contributed by atoms with Crippen LogP contribution >= 0.6 is 0 Å². The Kier molecular flexibility index (Phi) is 4.08. The van der Waals surface area contributed by atoms with E-state index in [-0.39, 0.29) is 5.92 Å². The molecule has 0 aliphatic heterocycles. The number of nitriles is 1. The number of allylic oxidation sites excluding steroid dienone is 3. The molecule has 0 fully saturated rings. The van der Waals surface area contributed by atoms with E-state index in [0.29, 0.717) is 6.42 Å². The quantitative estimate of drug-likeness (QED) is 0.843. The normalized spacial score (nSPS) is 18.4. The van der Waals surface area contributed by atoms with Crippen molar-refractivity contribution in [2.75, 3.05) is 5.32 Å². The Balaban J connectivity index is 1.67. The smallest absolute Gasteiger partial charge is 0.147 e. The minimum atomic E-state index is -0.796. The van der Waals surface area contributed by atoms with Crippen LogP contribution in [0.15, 0.2) is 70.9 Å². The van der Waals surface area contributed by atoms with Gasteiger partial charge in [-0.05, 0) is 48.4 Å². The van der Waals surface area contributed by atoms with Gasteiger partial charge in [-0.25, -0.2) is 0 Å². The van der Waals surface area contributed by atoms with E-state index in [1.807, 2.05) is 54.6 Å². The predicted molar refractivity (Wildman–Crippen MR) is 84.7 cm³/mol. The van der Waals surface area contributed by atoms with E-state index < -0.39 is 6.23 Å². The number of benzene rings is 1. The van der Waals surface area contributed by atoms with Crippen molar-refractivity contribution in [1.82, 2.24) is 0 Å². The van der Waals surface area contributed by atoms with E-state index >= 15 is 0 Å². The molecule has 0 saturated heterocycles. The van der Waals surface area contributed by atoms with E-state index in [2.05, 4.69) is 11.4 Å². The third kappa shape index (κ3) is 3.11. The van der Waals surface area contributed by atoms with E-state index in [1.54, 1.807) is 6.26 Å². The first-order valence-corrected chi connectivity index (χ1v) is 7.11. The number of anilines is 1. The van der Waals surface area contributed by atoms with Gasteiger partial charge < -0.3 is 14.8 Å². The molecule has 2 atom stereocenters. The number of furan rings is 1. The lowest BCUT2D eigenvalue weighted by molar-refractivity contribution is 0.233. The molecule has 4 heteroatoms. The summed E-state index contributed by atoms with van der Waals surface area (Å²) in [6, 6.07) is 13.6. The topological polar surface area (TPSA) is 69.2 Å². The van der Waals surface area contributed by atoms with Crippen molar-refractivity contribution in [2.45, 2.75) is 12.6 Å². The number of hydrogen-bond donors (Lipinski definition) is 2. The van der Waals surface area contributed by atoms with Crippen molar-refractivity contribution in [3.05, 3.63) is 66.5 Å². The maximum absolute atomic E-state index is 10.3. The van der Waals surface area contributed by atoms with Crippen molar-refractivity contribution in [2.24, 2.45) is 5.92 Å². The van der Waals surface area contributed by atoms with Crippen LogP contribution in [0.2, 0.25) is 0 Å². The molecule has 0 saturated carbocycles. The van der Waals surface area contributed by atoms with Crippen LogP contribution < -0.4 is 5.32 Å². The summed E-state index contributed by atoms with van der Waals surface area (Å²) in [7, 11) is 0. The third-order valence-corrected chi connectivity index (χ3v) is 3.62. The second-order valence-electron chi connectivity index (χ2n) is 5.17. The molecule has 1 aliphatic carbocycles. The van der Waals surface area contributed by atoms with Crippen LogP contribution in [0.1, 0.15) is 6.42 Å². The molecule has 22 heavy (non-hydrogen) atoms. The molecule has 1 aliphatic rings. The highest BCUT2D eigenvalue weighted by molar-refractivity contribution is 5.61. The first-order valence-electron chi connectivity index (χ1n) is 7.11. The summed E-state index contributed by atoms with van der Waals surface area (Å²) in [5, 5.41) is 22.3. The molecule has 2 aromatic rings. The Morgan fingerprint density at radius 3 is 2.77 bits per heavy atom. The molecule has 0 radical (unpaired) electrons. The Labute approximate surface area is 129 Å². The average Bonchev–Trinajstić information content (AvgIpc) is 3.10. The number of rotatable bonds is 4. The summed E-state index contributed by atoms with van der Waals surface area (Å²) < 4.78 is 5.34. The second-order valence-corrected chi connectivity index (χ2v) is 5.17. The van der Waals surface area contributed by atoms with Gasteiger partial charge in [-0.3, -0.25) is 0 Å². The van der Waals surface area contributed by atoms with Gasteiger partial charge >= 0.3 is 0 Å². The Hall–Kier alpha value is -2.77. The first kappa shape index (κ1) is 14.2. The summed E-state index contributed by atoms with van der Waals surface area (Å²) in [5.41, 5.74) is 2.60. The molecule has 2 N–H and O–H groups in total. The van der Waals surface area contributed by atoms with E-state index in [1.165, 1.54) is 0 Å². The van der Waals surface area contributed by atoms with Crippen LogP contribution in [-0.4, -0.2) is 11.3 Å². The van der Waals surface area contributed by atoms with Crippen molar-refractivity contribution in [3.8, 4) is 17.4 Å². The number of aliphatic hydroxyl groups is 1. The third-order valence-electron chi connectivity index (χ3n) is 3.62. The zero-order valence-electron chi connectivity index (χ0n) is 11.9. The molecule has 3 rings (SSSR count). The molecule has 0 amide bonds. The lowest BCUT2D eigenvalue weighted by Gasteiger charge is -2.20. The summed E-state index contributed by atoms with van der Waals surface area (Å²) in [5.74, 6) is 0.641. The van der Waals surface area contributed by atoms with Gasteiger partial charge in [-0.15, -0.1) is 0 Å². The minimum Gasteiger partial charge on any atom is -0.464 e. The maximum atomic E-state index is 10.3. The van der Waals surface area contributed by atoms with Crippen LogP contribution in [0.25, 0.3) is 11.3 Å². The fourth-order valence-electron chi connectivity index (χ4n) is 2.42. The second kappa shape index (κ2) is 6.33. The zero-order valence-corrected chi connectivity index (χ0v) is 11.9. The molecule has 1 heterocycles. The fraction of sp³-hybridized carbons (Fsp3) is 0.167. The monoisotopic (exact) mass is 292 g/mol. The Morgan fingerprint density at radius 2 is 2.09 bits per heavy atom. The van der Waals surface area contributed by atoms with Crippen molar-refractivity contribution < 1.29 is 9.52 Å². The summed E-state index contributed by atoms with van der Waals surface area (Å²) in [4.78, 5) is 0. The molecule has 1 aromatic carbocycles. The fourth-order valence-corrected chi connectivity index (χ4v) is 2.42. The summed E-state index contributed by atoms with van der Waals surface area (Å²) >= 11 is 0. The van der Waals surface area contributed by atoms with E-state index in [9.17, 15) is 5.11 Å². The van der Waals surface area contributed by atoms with Crippen molar-refractivity contribution in [1.29, 1.82) is 5.26 Å². The summed E-state index contributed by atoms with van der Waals surface area (Å²) in [6.07, 6.45) is 6.90. The molecule has 110 valence electrons. The molecular formula is C18H16N2O2. The standard InChI is InChI=1S/C18H16N2O2/c19-12-13-3-1-4-15(11-13)18(21)20-16-8-6-14(7-9-16)17-5-2-10-22-17/h1-10,13,18,20-21H,11H2. The highest BCUT2D eigenvalue weighted by Gasteiger charge is 2.17. The van der Waals surface area contributed by atoms with E-state index in [4.69, 9.17) is 9.68 Å². The number of nitrogens with one attached hydrogen (secondary N) is 1. The van der Waals surface area contributed by atoms with Crippen molar-refractivity contribution in [3.63, 3.8) is 0 Å². The molecule has 0 spiro atoms. The van der Waals surface area contributed by atoms with Gasteiger partial charge in [-0.2, -0.15) is 5.26 Å².